The first-order valence-electron chi connectivity index (χ1n) is 9.08. The first kappa shape index (κ1) is 16.4. The standard InChI is InChI=1S/C17H24N4O4/c1-2-24-16(22)15-11(7-18-19-15)8-20-9-13-14(10-20)25-17(23)21(13)12-5-3-4-6-12/h7,12-14H,2-6,8-10H2,1H3,(H,18,19)/t13-,14+/m0/s1. The maximum Gasteiger partial charge on any atom is 0.410 e. The SMILES string of the molecule is CCOC(=O)c1[nH]ncc1CN1C[C@H]2OC(=O)N(C3CCCC3)[C@H]2C1. The molecule has 1 aromatic rings. The van der Waals surface area contributed by atoms with E-state index in [-0.39, 0.29) is 24.2 Å². The smallest absolute Gasteiger partial charge is 0.410 e. The van der Waals surface area contributed by atoms with Crippen LogP contribution in [0.2, 0.25) is 0 Å². The van der Waals surface area contributed by atoms with Crippen LogP contribution in [0.3, 0.4) is 0 Å². The molecule has 3 heterocycles. The number of fused-ring (bicyclic) bond motifs is 1. The van der Waals surface area contributed by atoms with Crippen LogP contribution < -0.4 is 0 Å². The molecule has 0 aromatic carbocycles. The van der Waals surface area contributed by atoms with E-state index >= 15 is 0 Å². The Hall–Kier alpha value is -2.09. The van der Waals surface area contributed by atoms with Crippen LogP contribution in [0, 0.1) is 0 Å². The van der Waals surface area contributed by atoms with Gasteiger partial charge in [0.2, 0.25) is 0 Å². The summed E-state index contributed by atoms with van der Waals surface area (Å²) in [6.45, 7) is 4.15. The van der Waals surface area contributed by atoms with Crippen molar-refractivity contribution >= 4 is 12.1 Å². The van der Waals surface area contributed by atoms with Gasteiger partial charge in [-0.05, 0) is 19.8 Å². The van der Waals surface area contributed by atoms with Crippen molar-refractivity contribution in [3.63, 3.8) is 0 Å². The number of carbonyl (C=O) groups excluding carboxylic acids is 2. The average molecular weight is 348 g/mol. The third-order valence-electron chi connectivity index (χ3n) is 5.44. The third kappa shape index (κ3) is 2.99. The number of nitrogens with zero attached hydrogens (tertiary/aromatic N) is 3. The number of likely N-dealkylation sites (tertiary alicyclic amines) is 1. The number of amides is 1. The minimum Gasteiger partial charge on any atom is -0.461 e. The summed E-state index contributed by atoms with van der Waals surface area (Å²) in [5.41, 5.74) is 1.22. The number of hydrogen-bond acceptors (Lipinski definition) is 6. The lowest BCUT2D eigenvalue weighted by Gasteiger charge is -2.27. The molecule has 8 nitrogen and oxygen atoms in total. The van der Waals surface area contributed by atoms with E-state index in [4.69, 9.17) is 9.47 Å². The van der Waals surface area contributed by atoms with Crippen LogP contribution in [0.5, 0.6) is 0 Å². The van der Waals surface area contributed by atoms with Gasteiger partial charge in [0.15, 0.2) is 0 Å². The quantitative estimate of drug-likeness (QED) is 0.812. The second-order valence-corrected chi connectivity index (χ2v) is 7.02. The molecule has 1 aromatic heterocycles. The third-order valence-corrected chi connectivity index (χ3v) is 5.44. The Kier molecular flexibility index (Phi) is 4.37. The molecule has 25 heavy (non-hydrogen) atoms. The Balaban J connectivity index is 1.43. The van der Waals surface area contributed by atoms with Crippen molar-refractivity contribution in [2.24, 2.45) is 0 Å². The number of esters is 1. The summed E-state index contributed by atoms with van der Waals surface area (Å²) in [5, 5.41) is 6.71. The Labute approximate surface area is 146 Å². The fraction of sp³-hybridized carbons (Fsp3) is 0.706. The number of rotatable bonds is 5. The van der Waals surface area contributed by atoms with E-state index < -0.39 is 0 Å². The van der Waals surface area contributed by atoms with Crippen molar-refractivity contribution in [1.82, 2.24) is 20.0 Å². The number of H-pyrrole nitrogens is 1. The van der Waals surface area contributed by atoms with Crippen LogP contribution in [0.1, 0.15) is 48.7 Å². The highest BCUT2D eigenvalue weighted by Crippen LogP contribution is 2.34. The van der Waals surface area contributed by atoms with Crippen LogP contribution in [0.25, 0.3) is 0 Å². The molecule has 2 saturated heterocycles. The molecular formula is C17H24N4O4. The molecule has 0 spiro atoms. The minimum atomic E-state index is -0.381. The second-order valence-electron chi connectivity index (χ2n) is 7.02. The molecule has 1 amide bonds. The van der Waals surface area contributed by atoms with Crippen molar-refractivity contribution in [1.29, 1.82) is 0 Å². The molecule has 2 aliphatic heterocycles. The molecule has 0 bridgehead atoms. The first-order valence-corrected chi connectivity index (χ1v) is 9.08. The number of aromatic amines is 1. The summed E-state index contributed by atoms with van der Waals surface area (Å²) < 4.78 is 10.7. The van der Waals surface area contributed by atoms with E-state index in [9.17, 15) is 9.59 Å². The summed E-state index contributed by atoms with van der Waals surface area (Å²) in [6.07, 6.45) is 5.96. The highest BCUT2D eigenvalue weighted by Gasteiger charge is 2.50. The van der Waals surface area contributed by atoms with E-state index in [1.54, 1.807) is 13.1 Å². The number of nitrogens with one attached hydrogen (secondary N) is 1. The summed E-state index contributed by atoms with van der Waals surface area (Å²) in [7, 11) is 0. The zero-order valence-electron chi connectivity index (χ0n) is 14.4. The van der Waals surface area contributed by atoms with Gasteiger partial charge >= 0.3 is 12.1 Å². The number of hydrogen-bond donors (Lipinski definition) is 1. The molecular weight excluding hydrogens is 324 g/mol. The number of ether oxygens (including phenoxy) is 2. The molecule has 0 unspecified atom stereocenters. The zero-order chi connectivity index (χ0) is 17.4. The minimum absolute atomic E-state index is 0.0777. The van der Waals surface area contributed by atoms with E-state index in [0.717, 1.165) is 24.9 Å². The van der Waals surface area contributed by atoms with E-state index in [2.05, 4.69) is 15.1 Å². The predicted octanol–water partition coefficient (Wildman–Crippen LogP) is 1.53. The largest absolute Gasteiger partial charge is 0.461 e. The van der Waals surface area contributed by atoms with Gasteiger partial charge in [0.05, 0.1) is 18.8 Å². The van der Waals surface area contributed by atoms with Crippen LogP contribution >= 0.6 is 0 Å². The Morgan fingerprint density at radius 2 is 2.20 bits per heavy atom. The van der Waals surface area contributed by atoms with Crippen molar-refractivity contribution in [3.05, 3.63) is 17.5 Å². The Morgan fingerprint density at radius 3 is 2.96 bits per heavy atom. The average Bonchev–Trinajstić information content (AvgIpc) is 3.32. The van der Waals surface area contributed by atoms with Crippen LogP contribution in [0.15, 0.2) is 6.20 Å². The van der Waals surface area contributed by atoms with Gasteiger partial charge in [-0.2, -0.15) is 5.10 Å². The molecule has 1 saturated carbocycles. The normalized spacial score (nSPS) is 26.9. The van der Waals surface area contributed by atoms with Gasteiger partial charge in [0, 0.05) is 31.2 Å². The van der Waals surface area contributed by atoms with Gasteiger partial charge in [0.1, 0.15) is 11.8 Å². The molecule has 2 atom stereocenters. The summed E-state index contributed by atoms with van der Waals surface area (Å²) >= 11 is 0. The summed E-state index contributed by atoms with van der Waals surface area (Å²) in [6, 6.07) is 0.444. The molecule has 136 valence electrons. The maximum absolute atomic E-state index is 12.2. The van der Waals surface area contributed by atoms with Gasteiger partial charge in [-0.3, -0.25) is 14.9 Å². The van der Waals surface area contributed by atoms with Crippen molar-refractivity contribution in [2.45, 2.75) is 57.3 Å². The van der Waals surface area contributed by atoms with Gasteiger partial charge in [-0.1, -0.05) is 12.8 Å². The maximum atomic E-state index is 12.2. The molecule has 1 N–H and O–H groups in total. The number of carbonyl (C=O) groups is 2. The van der Waals surface area contributed by atoms with Gasteiger partial charge in [-0.15, -0.1) is 0 Å². The van der Waals surface area contributed by atoms with Gasteiger partial charge in [-0.25, -0.2) is 9.59 Å². The molecule has 8 heteroatoms. The van der Waals surface area contributed by atoms with Crippen molar-refractivity contribution in [3.8, 4) is 0 Å². The lowest BCUT2D eigenvalue weighted by Crippen LogP contribution is -2.43. The van der Waals surface area contributed by atoms with E-state index in [0.29, 0.717) is 31.4 Å². The number of aromatic nitrogens is 2. The van der Waals surface area contributed by atoms with Crippen LogP contribution in [-0.4, -0.2) is 69.9 Å². The van der Waals surface area contributed by atoms with Crippen molar-refractivity contribution < 1.29 is 19.1 Å². The second kappa shape index (κ2) is 6.67. The highest BCUT2D eigenvalue weighted by molar-refractivity contribution is 5.88. The van der Waals surface area contributed by atoms with Gasteiger partial charge < -0.3 is 9.47 Å². The highest BCUT2D eigenvalue weighted by atomic mass is 16.6. The molecule has 1 aliphatic carbocycles. The molecule has 0 radical (unpaired) electrons. The Bertz CT molecular complexity index is 655. The fourth-order valence-electron chi connectivity index (χ4n) is 4.32. The van der Waals surface area contributed by atoms with Crippen molar-refractivity contribution in [2.75, 3.05) is 19.7 Å². The predicted molar refractivity (Wildman–Crippen MR) is 88.0 cm³/mol. The van der Waals surface area contributed by atoms with Crippen LogP contribution in [0.4, 0.5) is 4.79 Å². The fourth-order valence-corrected chi connectivity index (χ4v) is 4.32. The monoisotopic (exact) mass is 348 g/mol. The molecule has 3 fully saturated rings. The first-order chi connectivity index (χ1) is 12.2. The zero-order valence-corrected chi connectivity index (χ0v) is 14.4. The van der Waals surface area contributed by atoms with Crippen LogP contribution in [-0.2, 0) is 16.0 Å². The topological polar surface area (TPSA) is 87.8 Å². The molecule has 3 aliphatic rings. The molecule has 4 rings (SSSR count). The lowest BCUT2D eigenvalue weighted by molar-refractivity contribution is 0.0517. The summed E-state index contributed by atoms with van der Waals surface area (Å²) in [4.78, 5) is 28.4. The van der Waals surface area contributed by atoms with E-state index in [1.165, 1.54) is 12.8 Å². The lowest BCUT2D eigenvalue weighted by atomic mass is 10.1. The van der Waals surface area contributed by atoms with E-state index in [1.807, 2.05) is 4.90 Å². The summed E-state index contributed by atoms with van der Waals surface area (Å²) in [5.74, 6) is -0.381. The Morgan fingerprint density at radius 1 is 1.40 bits per heavy atom. The van der Waals surface area contributed by atoms with Gasteiger partial charge in [0.25, 0.3) is 0 Å².